The Balaban J connectivity index is 1.43. The summed E-state index contributed by atoms with van der Waals surface area (Å²) in [5.74, 6) is -0.0799. The van der Waals surface area contributed by atoms with Crippen molar-refractivity contribution in [3.63, 3.8) is 0 Å². The van der Waals surface area contributed by atoms with Crippen molar-refractivity contribution in [3.05, 3.63) is 34.9 Å². The highest BCUT2D eigenvalue weighted by atomic mass is 16.2. The first kappa shape index (κ1) is 17.2. The summed E-state index contributed by atoms with van der Waals surface area (Å²) in [5, 5.41) is 9.17. The molecule has 3 aliphatic rings. The second-order valence-corrected chi connectivity index (χ2v) is 7.48. The van der Waals surface area contributed by atoms with E-state index < -0.39 is 6.04 Å². The third kappa shape index (κ3) is 3.12. The van der Waals surface area contributed by atoms with Gasteiger partial charge in [-0.2, -0.15) is 0 Å². The predicted molar refractivity (Wildman–Crippen MR) is 95.1 cm³/mol. The van der Waals surface area contributed by atoms with Gasteiger partial charge in [0.15, 0.2) is 0 Å². The second kappa shape index (κ2) is 6.81. The maximum atomic E-state index is 12.7. The Morgan fingerprint density at radius 2 is 2.08 bits per heavy atom. The van der Waals surface area contributed by atoms with Gasteiger partial charge in [0, 0.05) is 44.2 Å². The van der Waals surface area contributed by atoms with Crippen LogP contribution in [-0.4, -0.2) is 47.8 Å². The lowest BCUT2D eigenvalue weighted by molar-refractivity contribution is -0.136. The number of nitrogens with one attached hydrogen (secondary N) is 3. The van der Waals surface area contributed by atoms with E-state index >= 15 is 0 Å². The maximum Gasteiger partial charge on any atom is 0.255 e. The molecule has 7 heteroatoms. The van der Waals surface area contributed by atoms with Crippen molar-refractivity contribution in [1.82, 2.24) is 20.9 Å². The van der Waals surface area contributed by atoms with Crippen molar-refractivity contribution in [2.75, 3.05) is 13.1 Å². The molecule has 3 amide bonds. The van der Waals surface area contributed by atoms with E-state index in [2.05, 4.69) is 28.9 Å². The largest absolute Gasteiger partial charge is 0.322 e. The van der Waals surface area contributed by atoms with E-state index in [1.165, 1.54) is 0 Å². The molecular weight excluding hydrogens is 332 g/mol. The molecule has 0 aromatic heterocycles. The molecule has 4 rings (SSSR count). The molecule has 2 saturated heterocycles. The second-order valence-electron chi connectivity index (χ2n) is 7.48. The van der Waals surface area contributed by atoms with Gasteiger partial charge in [0.2, 0.25) is 11.8 Å². The van der Waals surface area contributed by atoms with Crippen LogP contribution in [0.1, 0.15) is 41.3 Å². The fourth-order valence-corrected chi connectivity index (χ4v) is 3.85. The highest BCUT2D eigenvalue weighted by Crippen LogP contribution is 2.28. The molecule has 138 valence electrons. The summed E-state index contributed by atoms with van der Waals surface area (Å²) in [6, 6.07) is 5.78. The first-order valence-electron chi connectivity index (χ1n) is 9.23. The number of piperidine rings is 1. The summed E-state index contributed by atoms with van der Waals surface area (Å²) >= 11 is 0. The van der Waals surface area contributed by atoms with Crippen LogP contribution < -0.4 is 16.0 Å². The van der Waals surface area contributed by atoms with Crippen LogP contribution in [0.25, 0.3) is 0 Å². The summed E-state index contributed by atoms with van der Waals surface area (Å²) in [6.45, 7) is 5.52. The predicted octanol–water partition coefficient (Wildman–Crippen LogP) is 0.145. The average Bonchev–Trinajstić information content (AvgIpc) is 2.88. The molecule has 7 nitrogen and oxygen atoms in total. The van der Waals surface area contributed by atoms with Crippen molar-refractivity contribution in [1.29, 1.82) is 0 Å². The number of fused-ring (bicyclic) bond motifs is 1. The standard InChI is InChI=1S/C19H24N4O3/c1-11(14-8-20-9-14)21-7-12-2-3-15-13(6-12)10-23(19(15)26)16-4-5-17(24)22-18(16)25/h2-3,6,11,14,16,20-21H,4-5,7-10H2,1H3,(H,22,24,25)/t11-,16?/m0/s1. The highest BCUT2D eigenvalue weighted by Gasteiger charge is 2.39. The molecule has 0 spiro atoms. The van der Waals surface area contributed by atoms with Crippen LogP contribution in [0.3, 0.4) is 0 Å². The molecule has 26 heavy (non-hydrogen) atoms. The maximum absolute atomic E-state index is 12.7. The minimum atomic E-state index is -0.555. The smallest absolute Gasteiger partial charge is 0.255 e. The Hall–Kier alpha value is -2.25. The number of benzene rings is 1. The van der Waals surface area contributed by atoms with E-state index in [-0.39, 0.29) is 24.1 Å². The van der Waals surface area contributed by atoms with E-state index in [1.807, 2.05) is 12.1 Å². The lowest BCUT2D eigenvalue weighted by Gasteiger charge is -2.33. The molecule has 3 aliphatic heterocycles. The van der Waals surface area contributed by atoms with Crippen molar-refractivity contribution < 1.29 is 14.4 Å². The number of nitrogens with zero attached hydrogens (tertiary/aromatic N) is 1. The number of imide groups is 1. The Morgan fingerprint density at radius 1 is 1.27 bits per heavy atom. The topological polar surface area (TPSA) is 90.5 Å². The van der Waals surface area contributed by atoms with E-state index in [1.54, 1.807) is 4.90 Å². The lowest BCUT2D eigenvalue weighted by Crippen LogP contribution is -2.52. The first-order valence-corrected chi connectivity index (χ1v) is 9.23. The number of rotatable bonds is 5. The quantitative estimate of drug-likeness (QED) is 0.653. The van der Waals surface area contributed by atoms with Crippen molar-refractivity contribution in [2.45, 2.75) is 44.9 Å². The minimum absolute atomic E-state index is 0.122. The van der Waals surface area contributed by atoms with Crippen LogP contribution in [0.4, 0.5) is 0 Å². The van der Waals surface area contributed by atoms with Crippen molar-refractivity contribution >= 4 is 17.7 Å². The van der Waals surface area contributed by atoms with E-state index in [4.69, 9.17) is 0 Å². The first-order chi connectivity index (χ1) is 12.5. The van der Waals surface area contributed by atoms with Crippen LogP contribution in [-0.2, 0) is 22.7 Å². The molecule has 1 unspecified atom stereocenters. The SMILES string of the molecule is C[C@H](NCc1ccc2c(c1)CN(C1CCC(=O)NC1=O)C2=O)C1CNC1. The lowest BCUT2D eigenvalue weighted by atomic mass is 9.95. The minimum Gasteiger partial charge on any atom is -0.322 e. The molecular formula is C19H24N4O3. The fraction of sp³-hybridized carbons (Fsp3) is 0.526. The summed E-state index contributed by atoms with van der Waals surface area (Å²) in [5.41, 5.74) is 2.76. The molecule has 3 N–H and O–H groups in total. The molecule has 2 fully saturated rings. The third-order valence-electron chi connectivity index (χ3n) is 5.74. The molecule has 0 bridgehead atoms. The Kier molecular flexibility index (Phi) is 4.50. The summed E-state index contributed by atoms with van der Waals surface area (Å²) < 4.78 is 0. The van der Waals surface area contributed by atoms with Gasteiger partial charge in [-0.1, -0.05) is 12.1 Å². The highest BCUT2D eigenvalue weighted by molar-refractivity contribution is 6.05. The van der Waals surface area contributed by atoms with Gasteiger partial charge >= 0.3 is 0 Å². The zero-order valence-corrected chi connectivity index (χ0v) is 14.9. The summed E-state index contributed by atoms with van der Waals surface area (Å²) in [6.07, 6.45) is 0.672. The number of carbonyl (C=O) groups is 3. The van der Waals surface area contributed by atoms with Gasteiger partial charge in [-0.05, 0) is 36.5 Å². The van der Waals surface area contributed by atoms with Crippen molar-refractivity contribution in [2.24, 2.45) is 5.92 Å². The monoisotopic (exact) mass is 356 g/mol. The molecule has 0 aliphatic carbocycles. The number of hydrogen-bond donors (Lipinski definition) is 3. The van der Waals surface area contributed by atoms with Gasteiger partial charge in [0.25, 0.3) is 5.91 Å². The van der Waals surface area contributed by atoms with Crippen LogP contribution in [0.2, 0.25) is 0 Å². The third-order valence-corrected chi connectivity index (χ3v) is 5.74. The molecule has 2 atom stereocenters. The van der Waals surface area contributed by atoms with Gasteiger partial charge in [-0.15, -0.1) is 0 Å². The zero-order valence-electron chi connectivity index (χ0n) is 14.9. The number of carbonyl (C=O) groups excluding carboxylic acids is 3. The van der Waals surface area contributed by atoms with Crippen LogP contribution in [0.15, 0.2) is 18.2 Å². The van der Waals surface area contributed by atoms with Crippen LogP contribution >= 0.6 is 0 Å². The van der Waals surface area contributed by atoms with Gasteiger partial charge in [0.1, 0.15) is 6.04 Å². The van der Waals surface area contributed by atoms with E-state index in [0.29, 0.717) is 30.5 Å². The zero-order chi connectivity index (χ0) is 18.3. The normalized spacial score (nSPS) is 24.3. The van der Waals surface area contributed by atoms with Crippen molar-refractivity contribution in [3.8, 4) is 0 Å². The number of amides is 3. The number of hydrogen-bond acceptors (Lipinski definition) is 5. The van der Waals surface area contributed by atoms with E-state index in [9.17, 15) is 14.4 Å². The fourth-order valence-electron chi connectivity index (χ4n) is 3.85. The van der Waals surface area contributed by atoms with Gasteiger partial charge < -0.3 is 15.5 Å². The van der Waals surface area contributed by atoms with E-state index in [0.717, 1.165) is 30.8 Å². The average molecular weight is 356 g/mol. The molecule has 1 aromatic rings. The Bertz CT molecular complexity index is 759. The van der Waals surface area contributed by atoms with Crippen LogP contribution in [0, 0.1) is 5.92 Å². The Morgan fingerprint density at radius 3 is 2.77 bits per heavy atom. The van der Waals surface area contributed by atoms with Gasteiger partial charge in [-0.25, -0.2) is 0 Å². The molecule has 3 heterocycles. The molecule has 1 aromatic carbocycles. The Labute approximate surface area is 152 Å². The van der Waals surface area contributed by atoms with Crippen LogP contribution in [0.5, 0.6) is 0 Å². The summed E-state index contributed by atoms with van der Waals surface area (Å²) in [7, 11) is 0. The van der Waals surface area contributed by atoms with Gasteiger partial charge in [-0.3, -0.25) is 19.7 Å². The molecule has 0 radical (unpaired) electrons. The summed E-state index contributed by atoms with van der Waals surface area (Å²) in [4.78, 5) is 37.7. The molecule has 0 saturated carbocycles. The van der Waals surface area contributed by atoms with Gasteiger partial charge in [0.05, 0.1) is 0 Å².